The zero-order valence-electron chi connectivity index (χ0n) is 9.59. The molecule has 1 aromatic carbocycles. The second kappa shape index (κ2) is 6.13. The molecule has 0 amide bonds. The lowest BCUT2D eigenvalue weighted by molar-refractivity contribution is -0.701. The van der Waals surface area contributed by atoms with Crippen molar-refractivity contribution >= 4 is 15.9 Å². The SMILES string of the molecule is CC[C@H](C)[NH2+]Cc1cc(Br)ccc1OC. The maximum Gasteiger partial charge on any atom is 0.127 e. The van der Waals surface area contributed by atoms with Gasteiger partial charge in [-0.3, -0.25) is 0 Å². The smallest absolute Gasteiger partial charge is 0.127 e. The predicted molar refractivity (Wildman–Crippen MR) is 66.1 cm³/mol. The molecule has 1 rings (SSSR count). The van der Waals surface area contributed by atoms with E-state index in [0.29, 0.717) is 6.04 Å². The minimum atomic E-state index is 0.661. The lowest BCUT2D eigenvalue weighted by Crippen LogP contribution is -2.87. The van der Waals surface area contributed by atoms with Crippen LogP contribution in [0.15, 0.2) is 22.7 Å². The van der Waals surface area contributed by atoms with Crippen molar-refractivity contribution in [3.8, 4) is 5.75 Å². The summed E-state index contributed by atoms with van der Waals surface area (Å²) < 4.78 is 6.43. The van der Waals surface area contributed by atoms with Gasteiger partial charge in [-0.1, -0.05) is 22.9 Å². The number of methoxy groups -OCH3 is 1. The second-order valence-electron chi connectivity index (χ2n) is 3.78. The predicted octanol–water partition coefficient (Wildman–Crippen LogP) is 2.32. The molecule has 0 saturated carbocycles. The molecule has 0 aromatic heterocycles. The van der Waals surface area contributed by atoms with Crippen LogP contribution < -0.4 is 10.1 Å². The molecule has 0 spiro atoms. The van der Waals surface area contributed by atoms with E-state index < -0.39 is 0 Å². The van der Waals surface area contributed by atoms with Gasteiger partial charge in [-0.15, -0.1) is 0 Å². The minimum Gasteiger partial charge on any atom is -0.496 e. The summed E-state index contributed by atoms with van der Waals surface area (Å²) in [7, 11) is 1.72. The van der Waals surface area contributed by atoms with Gasteiger partial charge in [0, 0.05) is 10.0 Å². The van der Waals surface area contributed by atoms with Crippen LogP contribution in [0.4, 0.5) is 0 Å². The summed E-state index contributed by atoms with van der Waals surface area (Å²) in [4.78, 5) is 0. The van der Waals surface area contributed by atoms with E-state index in [1.54, 1.807) is 7.11 Å². The van der Waals surface area contributed by atoms with E-state index in [2.05, 4.69) is 41.2 Å². The molecule has 0 fully saturated rings. The second-order valence-corrected chi connectivity index (χ2v) is 4.70. The zero-order valence-corrected chi connectivity index (χ0v) is 11.2. The van der Waals surface area contributed by atoms with Crippen LogP contribution in [0.3, 0.4) is 0 Å². The van der Waals surface area contributed by atoms with Gasteiger partial charge in [-0.2, -0.15) is 0 Å². The number of ether oxygens (including phenoxy) is 1. The molecule has 3 heteroatoms. The first kappa shape index (κ1) is 12.5. The zero-order chi connectivity index (χ0) is 11.3. The highest BCUT2D eigenvalue weighted by Gasteiger charge is 2.07. The van der Waals surface area contributed by atoms with Crippen LogP contribution in [-0.2, 0) is 6.54 Å². The van der Waals surface area contributed by atoms with Crippen LogP contribution in [0.2, 0.25) is 0 Å². The third-order valence-electron chi connectivity index (χ3n) is 2.63. The van der Waals surface area contributed by atoms with Crippen LogP contribution in [0, 0.1) is 0 Å². The van der Waals surface area contributed by atoms with Gasteiger partial charge in [0.05, 0.1) is 13.2 Å². The maximum absolute atomic E-state index is 5.33. The first-order valence-electron chi connectivity index (χ1n) is 5.33. The van der Waals surface area contributed by atoms with Gasteiger partial charge in [0.1, 0.15) is 12.3 Å². The Morgan fingerprint density at radius 3 is 2.80 bits per heavy atom. The molecule has 0 aliphatic rings. The highest BCUT2D eigenvalue weighted by atomic mass is 79.9. The third-order valence-corrected chi connectivity index (χ3v) is 3.12. The van der Waals surface area contributed by atoms with Gasteiger partial charge in [0.25, 0.3) is 0 Å². The van der Waals surface area contributed by atoms with E-state index in [1.165, 1.54) is 12.0 Å². The van der Waals surface area contributed by atoms with Crippen molar-refractivity contribution in [2.75, 3.05) is 7.11 Å². The highest BCUT2D eigenvalue weighted by molar-refractivity contribution is 9.10. The highest BCUT2D eigenvalue weighted by Crippen LogP contribution is 2.21. The number of benzene rings is 1. The number of hydrogen-bond donors (Lipinski definition) is 1. The molecule has 0 unspecified atom stereocenters. The molecule has 0 heterocycles. The molecular formula is C12H19BrNO+. The van der Waals surface area contributed by atoms with Crippen molar-refractivity contribution in [2.45, 2.75) is 32.9 Å². The number of quaternary nitrogens is 1. The number of hydrogen-bond acceptors (Lipinski definition) is 1. The molecule has 0 bridgehead atoms. The van der Waals surface area contributed by atoms with E-state index in [9.17, 15) is 0 Å². The molecule has 15 heavy (non-hydrogen) atoms. The van der Waals surface area contributed by atoms with E-state index in [0.717, 1.165) is 16.8 Å². The van der Waals surface area contributed by atoms with Crippen LogP contribution >= 0.6 is 15.9 Å². The van der Waals surface area contributed by atoms with Gasteiger partial charge in [-0.25, -0.2) is 0 Å². The fraction of sp³-hybridized carbons (Fsp3) is 0.500. The monoisotopic (exact) mass is 272 g/mol. The Bertz CT molecular complexity index is 314. The number of halogens is 1. The van der Waals surface area contributed by atoms with Crippen molar-refractivity contribution in [3.05, 3.63) is 28.2 Å². The molecule has 0 aliphatic heterocycles. The normalized spacial score (nSPS) is 12.5. The Hall–Kier alpha value is -0.540. The Morgan fingerprint density at radius 1 is 1.47 bits per heavy atom. The fourth-order valence-electron chi connectivity index (χ4n) is 1.40. The summed E-state index contributed by atoms with van der Waals surface area (Å²) in [6, 6.07) is 6.79. The topological polar surface area (TPSA) is 25.8 Å². The molecule has 0 saturated heterocycles. The van der Waals surface area contributed by atoms with Gasteiger partial charge in [0.15, 0.2) is 0 Å². The van der Waals surface area contributed by atoms with Gasteiger partial charge < -0.3 is 10.1 Å². The van der Waals surface area contributed by atoms with Crippen LogP contribution in [0.5, 0.6) is 5.75 Å². The Balaban J connectivity index is 2.69. The summed E-state index contributed by atoms with van der Waals surface area (Å²) in [6.45, 7) is 5.42. The largest absolute Gasteiger partial charge is 0.496 e. The molecule has 2 N–H and O–H groups in total. The van der Waals surface area contributed by atoms with E-state index in [4.69, 9.17) is 4.74 Å². The van der Waals surface area contributed by atoms with E-state index in [-0.39, 0.29) is 0 Å². The van der Waals surface area contributed by atoms with Crippen molar-refractivity contribution in [2.24, 2.45) is 0 Å². The Kier molecular flexibility index (Phi) is 5.12. The van der Waals surface area contributed by atoms with Crippen molar-refractivity contribution in [1.29, 1.82) is 0 Å². The van der Waals surface area contributed by atoms with E-state index in [1.807, 2.05) is 12.1 Å². The van der Waals surface area contributed by atoms with Crippen molar-refractivity contribution in [1.82, 2.24) is 0 Å². The number of rotatable bonds is 5. The molecule has 1 aromatic rings. The van der Waals surface area contributed by atoms with E-state index >= 15 is 0 Å². The van der Waals surface area contributed by atoms with Gasteiger partial charge in [0.2, 0.25) is 0 Å². The summed E-state index contributed by atoms with van der Waals surface area (Å²) >= 11 is 3.48. The molecular weight excluding hydrogens is 254 g/mol. The average Bonchev–Trinajstić information content (AvgIpc) is 2.26. The first-order valence-corrected chi connectivity index (χ1v) is 6.12. The van der Waals surface area contributed by atoms with Crippen LogP contribution in [0.1, 0.15) is 25.8 Å². The van der Waals surface area contributed by atoms with Crippen LogP contribution in [0.25, 0.3) is 0 Å². The Morgan fingerprint density at radius 2 is 2.20 bits per heavy atom. The minimum absolute atomic E-state index is 0.661. The first-order chi connectivity index (χ1) is 7.17. The number of nitrogens with two attached hydrogens (primary N) is 1. The van der Waals surface area contributed by atoms with Gasteiger partial charge in [-0.05, 0) is 31.5 Å². The standard InChI is InChI=1S/C12H18BrNO/c1-4-9(2)14-8-10-7-11(13)5-6-12(10)15-3/h5-7,9,14H,4,8H2,1-3H3/p+1/t9-/m0/s1. The Labute approximate surface area is 100 Å². The van der Waals surface area contributed by atoms with Crippen LogP contribution in [-0.4, -0.2) is 13.2 Å². The van der Waals surface area contributed by atoms with Crippen molar-refractivity contribution in [3.63, 3.8) is 0 Å². The molecule has 2 nitrogen and oxygen atoms in total. The van der Waals surface area contributed by atoms with Crippen molar-refractivity contribution < 1.29 is 10.1 Å². The quantitative estimate of drug-likeness (QED) is 0.875. The maximum atomic E-state index is 5.33. The third kappa shape index (κ3) is 3.84. The molecule has 0 radical (unpaired) electrons. The lowest BCUT2D eigenvalue weighted by atomic mass is 10.2. The summed E-state index contributed by atoms with van der Waals surface area (Å²) in [5, 5.41) is 2.34. The fourth-order valence-corrected chi connectivity index (χ4v) is 1.81. The molecule has 0 aliphatic carbocycles. The summed E-state index contributed by atoms with van der Waals surface area (Å²) in [5.74, 6) is 0.970. The molecule has 84 valence electrons. The summed E-state index contributed by atoms with van der Waals surface area (Å²) in [5.41, 5.74) is 1.24. The lowest BCUT2D eigenvalue weighted by Gasteiger charge is -2.11. The van der Waals surface area contributed by atoms with Gasteiger partial charge >= 0.3 is 0 Å². The average molecular weight is 273 g/mol. The summed E-state index contributed by atoms with van der Waals surface area (Å²) in [6.07, 6.45) is 1.19. The molecule has 1 atom stereocenters.